The molecule has 0 bridgehead atoms. The summed E-state index contributed by atoms with van der Waals surface area (Å²) < 4.78 is 7.18. The van der Waals surface area contributed by atoms with Gasteiger partial charge in [-0.2, -0.15) is 0 Å². The van der Waals surface area contributed by atoms with E-state index in [1.54, 1.807) is 13.4 Å². The monoisotopic (exact) mass is 322 g/mol. The van der Waals surface area contributed by atoms with Crippen LogP contribution in [0.15, 0.2) is 11.3 Å². The topological polar surface area (TPSA) is 76.4 Å². The van der Waals surface area contributed by atoms with Crippen LogP contribution in [-0.2, 0) is 17.7 Å². The van der Waals surface area contributed by atoms with Gasteiger partial charge in [-0.3, -0.25) is 4.99 Å². The molecule has 0 aliphatic heterocycles. The number of guanidine groups is 1. The van der Waals surface area contributed by atoms with Gasteiger partial charge in [0.15, 0.2) is 5.96 Å². The third kappa shape index (κ3) is 6.17. The van der Waals surface area contributed by atoms with Gasteiger partial charge < -0.3 is 19.9 Å². The number of ether oxygens (including phenoxy) is 1. The maximum Gasteiger partial charge on any atom is 0.191 e. The first-order valence-electron chi connectivity index (χ1n) is 8.74. The SMILES string of the molecule is CCc1nncn1CCNC(=NCCOC)NC1CCCCC1. The highest BCUT2D eigenvalue weighted by Gasteiger charge is 2.14. The zero-order valence-electron chi connectivity index (χ0n) is 14.4. The number of aromatic nitrogens is 3. The predicted octanol–water partition coefficient (Wildman–Crippen LogP) is 1.35. The van der Waals surface area contributed by atoms with Crippen LogP contribution in [0.5, 0.6) is 0 Å². The number of methoxy groups -OCH3 is 1. The molecule has 1 saturated carbocycles. The highest BCUT2D eigenvalue weighted by molar-refractivity contribution is 5.80. The van der Waals surface area contributed by atoms with Crippen molar-refractivity contribution >= 4 is 5.96 Å². The standard InChI is InChI=1S/C16H30N6O/c1-3-15-21-19-13-22(15)11-9-17-16(18-10-12-23-2)20-14-7-5-4-6-8-14/h13-14H,3-12H2,1-2H3,(H2,17,18,20). The Hall–Kier alpha value is -1.63. The molecular formula is C16H30N6O. The molecule has 2 N–H and O–H groups in total. The average molecular weight is 322 g/mol. The molecule has 0 aromatic carbocycles. The van der Waals surface area contributed by atoms with Crippen LogP contribution < -0.4 is 10.6 Å². The van der Waals surface area contributed by atoms with Crippen LogP contribution >= 0.6 is 0 Å². The van der Waals surface area contributed by atoms with Crippen LogP contribution in [-0.4, -0.2) is 53.6 Å². The van der Waals surface area contributed by atoms with E-state index in [1.165, 1.54) is 32.1 Å². The second-order valence-corrected chi connectivity index (χ2v) is 5.92. The number of nitrogens with zero attached hydrogens (tertiary/aromatic N) is 4. The average Bonchev–Trinajstić information content (AvgIpc) is 3.03. The molecule has 0 amide bonds. The normalized spacial score (nSPS) is 16.5. The van der Waals surface area contributed by atoms with E-state index in [-0.39, 0.29) is 0 Å². The predicted molar refractivity (Wildman–Crippen MR) is 91.6 cm³/mol. The maximum absolute atomic E-state index is 5.09. The van der Waals surface area contributed by atoms with Crippen LogP contribution in [0.4, 0.5) is 0 Å². The van der Waals surface area contributed by atoms with Crippen LogP contribution in [0.1, 0.15) is 44.9 Å². The van der Waals surface area contributed by atoms with Gasteiger partial charge in [-0.15, -0.1) is 10.2 Å². The molecule has 23 heavy (non-hydrogen) atoms. The summed E-state index contributed by atoms with van der Waals surface area (Å²) >= 11 is 0. The van der Waals surface area contributed by atoms with Gasteiger partial charge in [-0.05, 0) is 12.8 Å². The summed E-state index contributed by atoms with van der Waals surface area (Å²) in [5.41, 5.74) is 0. The van der Waals surface area contributed by atoms with Crippen molar-refractivity contribution in [2.24, 2.45) is 4.99 Å². The Labute approximate surface area is 138 Å². The van der Waals surface area contributed by atoms with Crippen molar-refractivity contribution in [1.29, 1.82) is 0 Å². The fourth-order valence-corrected chi connectivity index (χ4v) is 2.88. The lowest BCUT2D eigenvalue weighted by atomic mass is 9.96. The van der Waals surface area contributed by atoms with Crippen LogP contribution in [0.3, 0.4) is 0 Å². The molecule has 0 spiro atoms. The molecule has 0 atom stereocenters. The summed E-state index contributed by atoms with van der Waals surface area (Å²) in [5, 5.41) is 15.1. The third-order valence-electron chi connectivity index (χ3n) is 4.17. The second kappa shape index (κ2) is 10.2. The summed E-state index contributed by atoms with van der Waals surface area (Å²) in [4.78, 5) is 4.60. The van der Waals surface area contributed by atoms with Crippen molar-refractivity contribution in [3.05, 3.63) is 12.2 Å². The molecule has 1 aliphatic carbocycles. The van der Waals surface area contributed by atoms with Gasteiger partial charge in [0.2, 0.25) is 0 Å². The first-order chi connectivity index (χ1) is 11.3. The van der Waals surface area contributed by atoms with Gasteiger partial charge in [0.1, 0.15) is 12.2 Å². The number of nitrogens with one attached hydrogen (secondary N) is 2. The van der Waals surface area contributed by atoms with Crippen LogP contribution in [0.25, 0.3) is 0 Å². The van der Waals surface area contributed by atoms with Crippen molar-refractivity contribution in [2.45, 2.75) is 58.0 Å². The lowest BCUT2D eigenvalue weighted by Crippen LogP contribution is -2.45. The summed E-state index contributed by atoms with van der Waals surface area (Å²) in [7, 11) is 1.70. The Morgan fingerprint density at radius 1 is 1.39 bits per heavy atom. The molecular weight excluding hydrogens is 292 g/mol. The van der Waals surface area contributed by atoms with Gasteiger partial charge in [0.25, 0.3) is 0 Å². The Morgan fingerprint density at radius 2 is 2.22 bits per heavy atom. The Bertz CT molecular complexity index is 467. The van der Waals surface area contributed by atoms with Gasteiger partial charge in [0.05, 0.1) is 13.2 Å². The molecule has 1 aromatic rings. The number of rotatable bonds is 8. The zero-order valence-corrected chi connectivity index (χ0v) is 14.4. The van der Waals surface area contributed by atoms with E-state index in [9.17, 15) is 0 Å². The minimum atomic E-state index is 0.540. The van der Waals surface area contributed by atoms with Gasteiger partial charge in [-0.25, -0.2) is 0 Å². The minimum Gasteiger partial charge on any atom is -0.383 e. The van der Waals surface area contributed by atoms with Gasteiger partial charge in [-0.1, -0.05) is 26.2 Å². The van der Waals surface area contributed by atoms with Crippen molar-refractivity contribution in [3.8, 4) is 0 Å². The summed E-state index contributed by atoms with van der Waals surface area (Å²) in [5.74, 6) is 1.91. The second-order valence-electron chi connectivity index (χ2n) is 5.92. The Balaban J connectivity index is 1.82. The molecule has 1 aliphatic rings. The zero-order chi connectivity index (χ0) is 16.3. The lowest BCUT2D eigenvalue weighted by molar-refractivity contribution is 0.207. The van der Waals surface area contributed by atoms with Gasteiger partial charge >= 0.3 is 0 Å². The van der Waals surface area contributed by atoms with E-state index >= 15 is 0 Å². The fourth-order valence-electron chi connectivity index (χ4n) is 2.88. The van der Waals surface area contributed by atoms with Crippen molar-refractivity contribution < 1.29 is 4.74 Å². The van der Waals surface area contributed by atoms with E-state index in [0.717, 1.165) is 31.3 Å². The Morgan fingerprint density at radius 3 is 2.96 bits per heavy atom. The molecule has 0 saturated heterocycles. The molecule has 7 heteroatoms. The van der Waals surface area contributed by atoms with Crippen LogP contribution in [0.2, 0.25) is 0 Å². The van der Waals surface area contributed by atoms with Crippen molar-refractivity contribution in [3.63, 3.8) is 0 Å². The molecule has 1 heterocycles. The molecule has 2 rings (SSSR count). The van der Waals surface area contributed by atoms with E-state index in [0.29, 0.717) is 19.2 Å². The van der Waals surface area contributed by atoms with E-state index < -0.39 is 0 Å². The number of hydrogen-bond donors (Lipinski definition) is 2. The van der Waals surface area contributed by atoms with Gasteiger partial charge in [0, 0.05) is 32.7 Å². The fraction of sp³-hybridized carbons (Fsp3) is 0.812. The molecule has 1 fully saturated rings. The largest absolute Gasteiger partial charge is 0.383 e. The third-order valence-corrected chi connectivity index (χ3v) is 4.17. The molecule has 1 aromatic heterocycles. The van der Waals surface area contributed by atoms with E-state index in [2.05, 4.69) is 37.3 Å². The van der Waals surface area contributed by atoms with Crippen LogP contribution in [0, 0.1) is 0 Å². The first-order valence-corrected chi connectivity index (χ1v) is 8.74. The molecule has 130 valence electrons. The molecule has 0 unspecified atom stereocenters. The highest BCUT2D eigenvalue weighted by atomic mass is 16.5. The van der Waals surface area contributed by atoms with Crippen molar-refractivity contribution in [1.82, 2.24) is 25.4 Å². The number of aryl methyl sites for hydroxylation is 1. The van der Waals surface area contributed by atoms with E-state index in [4.69, 9.17) is 4.74 Å². The maximum atomic E-state index is 5.09. The lowest BCUT2D eigenvalue weighted by Gasteiger charge is -2.25. The van der Waals surface area contributed by atoms with E-state index in [1.807, 2.05) is 0 Å². The number of hydrogen-bond acceptors (Lipinski definition) is 4. The first kappa shape index (κ1) is 17.7. The molecule has 0 radical (unpaired) electrons. The number of aliphatic imine (C=N–C) groups is 1. The highest BCUT2D eigenvalue weighted by Crippen LogP contribution is 2.17. The smallest absolute Gasteiger partial charge is 0.191 e. The summed E-state index contributed by atoms with van der Waals surface area (Å²) in [6, 6.07) is 0.540. The quantitative estimate of drug-likeness (QED) is 0.429. The summed E-state index contributed by atoms with van der Waals surface area (Å²) in [6.45, 7) is 5.05. The minimum absolute atomic E-state index is 0.540. The van der Waals surface area contributed by atoms with Crippen molar-refractivity contribution in [2.75, 3.05) is 26.8 Å². The summed E-state index contributed by atoms with van der Waals surface area (Å²) in [6.07, 6.45) is 9.13. The molecule has 7 nitrogen and oxygen atoms in total. The Kier molecular flexibility index (Phi) is 7.86.